The predicted octanol–water partition coefficient (Wildman–Crippen LogP) is 2.07. The molecule has 2 N–H and O–H groups in total. The van der Waals surface area contributed by atoms with Gasteiger partial charge in [-0.1, -0.05) is 29.8 Å². The second kappa shape index (κ2) is 5.78. The Labute approximate surface area is 86.1 Å². The zero-order valence-electron chi connectivity index (χ0n) is 8.99. The van der Waals surface area contributed by atoms with Crippen molar-refractivity contribution in [2.24, 2.45) is 5.73 Å². The number of hydrogen-bond donors (Lipinski definition) is 1. The summed E-state index contributed by atoms with van der Waals surface area (Å²) in [6.07, 6.45) is 0. The average molecular weight is 193 g/mol. The molecular formula is C12H19NO. The molecule has 1 unspecified atom stereocenters. The maximum Gasteiger partial charge on any atom is 0.0546 e. The topological polar surface area (TPSA) is 35.2 Å². The van der Waals surface area contributed by atoms with Crippen molar-refractivity contribution in [3.8, 4) is 0 Å². The fourth-order valence-electron chi connectivity index (χ4n) is 1.40. The van der Waals surface area contributed by atoms with E-state index in [1.807, 2.05) is 6.92 Å². The van der Waals surface area contributed by atoms with Gasteiger partial charge in [-0.25, -0.2) is 0 Å². The number of nitrogens with two attached hydrogens (primary N) is 1. The molecule has 1 atom stereocenters. The van der Waals surface area contributed by atoms with Crippen molar-refractivity contribution >= 4 is 0 Å². The molecule has 0 aliphatic carbocycles. The average Bonchev–Trinajstić information content (AvgIpc) is 2.21. The highest BCUT2D eigenvalue weighted by Gasteiger charge is 2.08. The number of aryl methyl sites for hydroxylation is 1. The lowest BCUT2D eigenvalue weighted by Crippen LogP contribution is -2.18. The first-order chi connectivity index (χ1) is 6.77. The summed E-state index contributed by atoms with van der Waals surface area (Å²) in [5.74, 6) is 0.329. The SMILES string of the molecule is CCOCC(CN)c1ccc(C)cc1. The van der Waals surface area contributed by atoms with Gasteiger partial charge >= 0.3 is 0 Å². The molecule has 0 saturated heterocycles. The number of hydrogen-bond acceptors (Lipinski definition) is 2. The van der Waals surface area contributed by atoms with E-state index >= 15 is 0 Å². The first-order valence-electron chi connectivity index (χ1n) is 5.12. The molecule has 2 nitrogen and oxygen atoms in total. The Hall–Kier alpha value is -0.860. The van der Waals surface area contributed by atoms with Gasteiger partial charge in [0.2, 0.25) is 0 Å². The molecule has 0 saturated carbocycles. The van der Waals surface area contributed by atoms with E-state index in [4.69, 9.17) is 10.5 Å². The van der Waals surface area contributed by atoms with Gasteiger partial charge in [-0.15, -0.1) is 0 Å². The second-order valence-corrected chi connectivity index (χ2v) is 3.50. The summed E-state index contributed by atoms with van der Waals surface area (Å²) in [7, 11) is 0. The van der Waals surface area contributed by atoms with Gasteiger partial charge in [0.25, 0.3) is 0 Å². The van der Waals surface area contributed by atoms with Crippen LogP contribution < -0.4 is 5.73 Å². The Bertz CT molecular complexity index is 256. The van der Waals surface area contributed by atoms with E-state index in [0.717, 1.165) is 13.2 Å². The van der Waals surface area contributed by atoms with Crippen LogP contribution in [-0.2, 0) is 4.74 Å². The van der Waals surface area contributed by atoms with Crippen LogP contribution >= 0.6 is 0 Å². The quantitative estimate of drug-likeness (QED) is 0.777. The van der Waals surface area contributed by atoms with E-state index in [-0.39, 0.29) is 0 Å². The minimum atomic E-state index is 0.329. The van der Waals surface area contributed by atoms with Crippen molar-refractivity contribution in [1.29, 1.82) is 0 Å². The van der Waals surface area contributed by atoms with Crippen LogP contribution in [0.2, 0.25) is 0 Å². The maximum atomic E-state index is 5.70. The molecule has 0 spiro atoms. The summed E-state index contributed by atoms with van der Waals surface area (Å²) in [5.41, 5.74) is 8.25. The zero-order chi connectivity index (χ0) is 10.4. The van der Waals surface area contributed by atoms with Crippen LogP contribution in [-0.4, -0.2) is 19.8 Å². The van der Waals surface area contributed by atoms with Gasteiger partial charge in [0.05, 0.1) is 6.61 Å². The van der Waals surface area contributed by atoms with Crippen molar-refractivity contribution in [2.45, 2.75) is 19.8 Å². The van der Waals surface area contributed by atoms with Crippen molar-refractivity contribution < 1.29 is 4.74 Å². The Morgan fingerprint density at radius 3 is 2.43 bits per heavy atom. The first-order valence-corrected chi connectivity index (χ1v) is 5.12. The standard InChI is InChI=1S/C12H19NO/c1-3-14-9-12(8-13)11-6-4-10(2)5-7-11/h4-7,12H,3,8-9,13H2,1-2H3. The predicted molar refractivity (Wildman–Crippen MR) is 59.5 cm³/mol. The highest BCUT2D eigenvalue weighted by atomic mass is 16.5. The minimum absolute atomic E-state index is 0.329. The van der Waals surface area contributed by atoms with Gasteiger partial charge in [-0.05, 0) is 19.4 Å². The van der Waals surface area contributed by atoms with Crippen LogP contribution in [0.4, 0.5) is 0 Å². The van der Waals surface area contributed by atoms with Gasteiger partial charge in [0.1, 0.15) is 0 Å². The number of rotatable bonds is 5. The molecule has 0 bridgehead atoms. The molecule has 0 fully saturated rings. The van der Waals surface area contributed by atoms with Crippen LogP contribution in [0.25, 0.3) is 0 Å². The molecule has 1 aromatic carbocycles. The van der Waals surface area contributed by atoms with Crippen molar-refractivity contribution in [3.05, 3.63) is 35.4 Å². The molecule has 1 aromatic rings. The summed E-state index contributed by atoms with van der Waals surface area (Å²) in [4.78, 5) is 0. The molecule has 1 rings (SSSR count). The fourth-order valence-corrected chi connectivity index (χ4v) is 1.40. The van der Waals surface area contributed by atoms with Crippen molar-refractivity contribution in [2.75, 3.05) is 19.8 Å². The third kappa shape index (κ3) is 3.13. The summed E-state index contributed by atoms with van der Waals surface area (Å²) in [5, 5.41) is 0. The van der Waals surface area contributed by atoms with E-state index in [9.17, 15) is 0 Å². The van der Waals surface area contributed by atoms with Crippen LogP contribution in [0, 0.1) is 6.92 Å². The third-order valence-corrected chi connectivity index (χ3v) is 2.36. The van der Waals surface area contributed by atoms with Gasteiger partial charge in [-0.3, -0.25) is 0 Å². The molecule has 78 valence electrons. The summed E-state index contributed by atoms with van der Waals surface area (Å²) in [6, 6.07) is 8.49. The van der Waals surface area contributed by atoms with E-state index < -0.39 is 0 Å². The Morgan fingerprint density at radius 2 is 1.93 bits per heavy atom. The van der Waals surface area contributed by atoms with Crippen molar-refractivity contribution in [3.63, 3.8) is 0 Å². The number of ether oxygens (including phenoxy) is 1. The lowest BCUT2D eigenvalue weighted by atomic mass is 9.99. The molecule has 0 aliphatic heterocycles. The molecule has 14 heavy (non-hydrogen) atoms. The number of benzene rings is 1. The minimum Gasteiger partial charge on any atom is -0.381 e. The normalized spacial score (nSPS) is 12.8. The van der Waals surface area contributed by atoms with E-state index in [2.05, 4.69) is 31.2 Å². The van der Waals surface area contributed by atoms with E-state index in [1.165, 1.54) is 11.1 Å². The van der Waals surface area contributed by atoms with Crippen LogP contribution in [0.15, 0.2) is 24.3 Å². The highest BCUT2D eigenvalue weighted by molar-refractivity contribution is 5.24. The zero-order valence-corrected chi connectivity index (χ0v) is 8.99. The summed E-state index contributed by atoms with van der Waals surface area (Å²) in [6.45, 7) is 6.20. The van der Waals surface area contributed by atoms with Gasteiger partial charge < -0.3 is 10.5 Å². The smallest absolute Gasteiger partial charge is 0.0546 e. The monoisotopic (exact) mass is 193 g/mol. The first kappa shape index (κ1) is 11.2. The Kier molecular flexibility index (Phi) is 4.63. The van der Waals surface area contributed by atoms with Crippen LogP contribution in [0.3, 0.4) is 0 Å². The van der Waals surface area contributed by atoms with Crippen molar-refractivity contribution in [1.82, 2.24) is 0 Å². The third-order valence-electron chi connectivity index (χ3n) is 2.36. The second-order valence-electron chi connectivity index (χ2n) is 3.50. The molecule has 0 aliphatic rings. The molecule has 0 heterocycles. The summed E-state index contributed by atoms with van der Waals surface area (Å²) >= 11 is 0. The maximum absolute atomic E-state index is 5.70. The molecule has 0 amide bonds. The summed E-state index contributed by atoms with van der Waals surface area (Å²) < 4.78 is 5.39. The molecule has 0 aromatic heterocycles. The Balaban J connectivity index is 2.64. The van der Waals surface area contributed by atoms with Crippen LogP contribution in [0.5, 0.6) is 0 Å². The largest absolute Gasteiger partial charge is 0.381 e. The van der Waals surface area contributed by atoms with E-state index in [1.54, 1.807) is 0 Å². The van der Waals surface area contributed by atoms with Gasteiger partial charge in [-0.2, -0.15) is 0 Å². The van der Waals surface area contributed by atoms with Gasteiger partial charge in [0.15, 0.2) is 0 Å². The van der Waals surface area contributed by atoms with E-state index in [0.29, 0.717) is 12.5 Å². The molecule has 0 radical (unpaired) electrons. The Morgan fingerprint density at radius 1 is 1.29 bits per heavy atom. The van der Waals surface area contributed by atoms with Crippen LogP contribution in [0.1, 0.15) is 24.0 Å². The molecule has 2 heteroatoms. The van der Waals surface area contributed by atoms with Gasteiger partial charge in [0, 0.05) is 19.1 Å². The fraction of sp³-hybridized carbons (Fsp3) is 0.500. The molecular weight excluding hydrogens is 174 g/mol. The lowest BCUT2D eigenvalue weighted by molar-refractivity contribution is 0.134. The lowest BCUT2D eigenvalue weighted by Gasteiger charge is -2.14. The highest BCUT2D eigenvalue weighted by Crippen LogP contribution is 2.15.